The quantitative estimate of drug-likeness (QED) is 0.472. The molecule has 0 aliphatic carbocycles. The molecule has 1 saturated heterocycles. The number of non-ortho nitro benzene ring substituents is 1. The standard InChI is InChI=1S/C11H12N2O4S/c14-11(18-12-5-7-17-8-6-12)9-1-3-10(4-2-9)13(15)16/h1-4H,5-8H2. The highest BCUT2D eigenvalue weighted by Gasteiger charge is 2.17. The molecule has 1 aromatic carbocycles. The first-order chi connectivity index (χ1) is 8.66. The molecule has 0 saturated carbocycles. The number of nitro benzene ring substituents is 1. The van der Waals surface area contributed by atoms with Gasteiger partial charge in [-0.25, -0.2) is 4.31 Å². The van der Waals surface area contributed by atoms with E-state index in [4.69, 9.17) is 4.74 Å². The molecule has 6 nitrogen and oxygen atoms in total. The predicted octanol–water partition coefficient (Wildman–Crippen LogP) is 1.72. The summed E-state index contributed by atoms with van der Waals surface area (Å²) in [6, 6.07) is 5.64. The molecule has 1 heterocycles. The second kappa shape index (κ2) is 5.94. The van der Waals surface area contributed by atoms with Crippen molar-refractivity contribution in [3.8, 4) is 0 Å². The fourth-order valence-electron chi connectivity index (χ4n) is 1.53. The minimum Gasteiger partial charge on any atom is -0.379 e. The number of hydrogen-bond acceptors (Lipinski definition) is 6. The Labute approximate surface area is 108 Å². The van der Waals surface area contributed by atoms with Crippen LogP contribution in [0.3, 0.4) is 0 Å². The van der Waals surface area contributed by atoms with Crippen molar-refractivity contribution >= 4 is 22.8 Å². The molecular weight excluding hydrogens is 256 g/mol. The van der Waals surface area contributed by atoms with Crippen molar-refractivity contribution in [2.45, 2.75) is 0 Å². The average molecular weight is 268 g/mol. The van der Waals surface area contributed by atoms with Gasteiger partial charge in [-0.3, -0.25) is 14.9 Å². The highest BCUT2D eigenvalue weighted by Crippen LogP contribution is 2.20. The second-order valence-electron chi connectivity index (χ2n) is 3.72. The van der Waals surface area contributed by atoms with Gasteiger partial charge in [0.15, 0.2) is 0 Å². The first kappa shape index (κ1) is 13.0. The molecule has 0 radical (unpaired) electrons. The Bertz CT molecular complexity index is 443. The average Bonchev–Trinajstić information content (AvgIpc) is 2.40. The molecule has 0 amide bonds. The summed E-state index contributed by atoms with van der Waals surface area (Å²) in [6.07, 6.45) is 0. The molecule has 1 fully saturated rings. The van der Waals surface area contributed by atoms with E-state index in [1.807, 2.05) is 4.31 Å². The fourth-order valence-corrected chi connectivity index (χ4v) is 2.33. The van der Waals surface area contributed by atoms with Crippen LogP contribution in [0.1, 0.15) is 10.4 Å². The fraction of sp³-hybridized carbons (Fsp3) is 0.364. The van der Waals surface area contributed by atoms with E-state index in [0.717, 1.165) is 11.9 Å². The zero-order chi connectivity index (χ0) is 13.0. The Balaban J connectivity index is 1.97. The van der Waals surface area contributed by atoms with E-state index >= 15 is 0 Å². The van der Waals surface area contributed by atoms with E-state index in [1.54, 1.807) is 0 Å². The summed E-state index contributed by atoms with van der Waals surface area (Å²) in [5.41, 5.74) is 0.458. The summed E-state index contributed by atoms with van der Waals surface area (Å²) in [4.78, 5) is 21.9. The van der Waals surface area contributed by atoms with Gasteiger partial charge in [0.05, 0.1) is 18.1 Å². The zero-order valence-corrected chi connectivity index (χ0v) is 10.4. The number of nitrogens with zero attached hydrogens (tertiary/aromatic N) is 2. The number of nitro groups is 1. The third-order valence-electron chi connectivity index (χ3n) is 2.50. The van der Waals surface area contributed by atoms with Crippen LogP contribution >= 0.6 is 11.9 Å². The third kappa shape index (κ3) is 3.28. The van der Waals surface area contributed by atoms with Crippen LogP contribution in [-0.4, -0.2) is 40.6 Å². The number of carbonyl (C=O) groups excluding carboxylic acids is 1. The Kier molecular flexibility index (Phi) is 4.29. The molecule has 0 atom stereocenters. The summed E-state index contributed by atoms with van der Waals surface area (Å²) < 4.78 is 7.13. The summed E-state index contributed by atoms with van der Waals surface area (Å²) in [7, 11) is 0. The maximum atomic E-state index is 11.9. The van der Waals surface area contributed by atoms with Crippen molar-refractivity contribution in [2.24, 2.45) is 0 Å². The lowest BCUT2D eigenvalue weighted by Gasteiger charge is -2.24. The summed E-state index contributed by atoms with van der Waals surface area (Å²) >= 11 is 1.13. The van der Waals surface area contributed by atoms with Crippen LogP contribution in [0.25, 0.3) is 0 Å². The van der Waals surface area contributed by atoms with Crippen molar-refractivity contribution in [2.75, 3.05) is 26.3 Å². The number of morpholine rings is 1. The van der Waals surface area contributed by atoms with Gasteiger partial charge in [-0.2, -0.15) is 0 Å². The minimum atomic E-state index is -0.483. The summed E-state index contributed by atoms with van der Waals surface area (Å²) in [5.74, 6) is 0. The normalized spacial score (nSPS) is 16.4. The van der Waals surface area contributed by atoms with Crippen LogP contribution in [0, 0.1) is 10.1 Å². The predicted molar refractivity (Wildman–Crippen MR) is 67.4 cm³/mol. The second-order valence-corrected chi connectivity index (χ2v) is 4.79. The van der Waals surface area contributed by atoms with Crippen LogP contribution in [0.2, 0.25) is 0 Å². The Hall–Kier alpha value is -1.44. The molecule has 1 aliphatic heterocycles. The van der Waals surface area contributed by atoms with Crippen molar-refractivity contribution < 1.29 is 14.5 Å². The van der Waals surface area contributed by atoms with Gasteiger partial charge in [-0.1, -0.05) is 0 Å². The van der Waals surface area contributed by atoms with E-state index < -0.39 is 4.92 Å². The zero-order valence-electron chi connectivity index (χ0n) is 9.57. The molecule has 1 aromatic rings. The monoisotopic (exact) mass is 268 g/mol. The van der Waals surface area contributed by atoms with Gasteiger partial charge >= 0.3 is 0 Å². The van der Waals surface area contributed by atoms with Crippen LogP contribution in [0.5, 0.6) is 0 Å². The van der Waals surface area contributed by atoms with Gasteiger partial charge in [0.2, 0.25) is 5.12 Å². The molecule has 0 N–H and O–H groups in total. The van der Waals surface area contributed by atoms with E-state index in [-0.39, 0.29) is 10.8 Å². The van der Waals surface area contributed by atoms with E-state index in [2.05, 4.69) is 0 Å². The highest BCUT2D eigenvalue weighted by atomic mass is 32.2. The number of carbonyl (C=O) groups is 1. The van der Waals surface area contributed by atoms with Crippen LogP contribution in [0.15, 0.2) is 24.3 Å². The van der Waals surface area contributed by atoms with Gasteiger partial charge in [0.25, 0.3) is 5.69 Å². The smallest absolute Gasteiger partial charge is 0.269 e. The van der Waals surface area contributed by atoms with E-state index in [9.17, 15) is 14.9 Å². The van der Waals surface area contributed by atoms with Crippen molar-refractivity contribution in [1.29, 1.82) is 0 Å². The highest BCUT2D eigenvalue weighted by molar-refractivity contribution is 8.12. The lowest BCUT2D eigenvalue weighted by atomic mass is 10.2. The molecule has 96 valence electrons. The molecule has 0 aromatic heterocycles. The van der Waals surface area contributed by atoms with Crippen LogP contribution < -0.4 is 0 Å². The van der Waals surface area contributed by atoms with Crippen molar-refractivity contribution in [3.05, 3.63) is 39.9 Å². The van der Waals surface area contributed by atoms with Crippen molar-refractivity contribution in [1.82, 2.24) is 4.31 Å². The molecule has 0 unspecified atom stereocenters. The first-order valence-corrected chi connectivity index (χ1v) is 6.23. The number of hydrogen-bond donors (Lipinski definition) is 0. The number of ether oxygens (including phenoxy) is 1. The lowest BCUT2D eigenvalue weighted by Crippen LogP contribution is -2.32. The minimum absolute atomic E-state index is 0.0112. The molecule has 0 bridgehead atoms. The van der Waals surface area contributed by atoms with Gasteiger partial charge in [0.1, 0.15) is 0 Å². The number of benzene rings is 1. The number of rotatable bonds is 3. The molecule has 0 spiro atoms. The topological polar surface area (TPSA) is 72.7 Å². The Morgan fingerprint density at radius 1 is 1.28 bits per heavy atom. The van der Waals surface area contributed by atoms with Gasteiger partial charge in [0, 0.05) is 42.7 Å². The van der Waals surface area contributed by atoms with Gasteiger partial charge < -0.3 is 4.74 Å². The maximum Gasteiger partial charge on any atom is 0.269 e. The van der Waals surface area contributed by atoms with Gasteiger partial charge in [-0.05, 0) is 12.1 Å². The summed E-state index contributed by atoms with van der Waals surface area (Å²) in [5, 5.41) is 10.4. The van der Waals surface area contributed by atoms with Crippen LogP contribution in [0.4, 0.5) is 5.69 Å². The van der Waals surface area contributed by atoms with E-state index in [1.165, 1.54) is 24.3 Å². The summed E-state index contributed by atoms with van der Waals surface area (Å²) in [6.45, 7) is 2.67. The van der Waals surface area contributed by atoms with E-state index in [0.29, 0.717) is 31.9 Å². The molecule has 7 heteroatoms. The van der Waals surface area contributed by atoms with Gasteiger partial charge in [-0.15, -0.1) is 0 Å². The van der Waals surface area contributed by atoms with Crippen molar-refractivity contribution in [3.63, 3.8) is 0 Å². The molecule has 18 heavy (non-hydrogen) atoms. The largest absolute Gasteiger partial charge is 0.379 e. The Morgan fingerprint density at radius 3 is 2.44 bits per heavy atom. The molecule has 2 rings (SSSR count). The first-order valence-electron chi connectivity index (χ1n) is 5.46. The third-order valence-corrected chi connectivity index (χ3v) is 3.52. The lowest BCUT2D eigenvalue weighted by molar-refractivity contribution is -0.384. The van der Waals surface area contributed by atoms with Crippen LogP contribution in [-0.2, 0) is 4.74 Å². The Morgan fingerprint density at radius 2 is 1.89 bits per heavy atom. The SMILES string of the molecule is O=C(SN1CCOCC1)c1ccc([N+](=O)[O-])cc1. The molecule has 1 aliphatic rings. The molecular formula is C11H12N2O4S. The maximum absolute atomic E-state index is 11.9.